The summed E-state index contributed by atoms with van der Waals surface area (Å²) < 4.78 is 16.3. The summed E-state index contributed by atoms with van der Waals surface area (Å²) in [7, 11) is 0. The van der Waals surface area contributed by atoms with E-state index in [4.69, 9.17) is 25.3 Å². The first-order chi connectivity index (χ1) is 13.6. The van der Waals surface area contributed by atoms with Crippen molar-refractivity contribution in [3.63, 3.8) is 0 Å². The zero-order chi connectivity index (χ0) is 19.5. The van der Waals surface area contributed by atoms with Crippen LogP contribution in [0.15, 0.2) is 62.3 Å². The van der Waals surface area contributed by atoms with Gasteiger partial charge in [-0.2, -0.15) is 4.98 Å². The lowest BCUT2D eigenvalue weighted by Crippen LogP contribution is -2.01. The van der Waals surface area contributed by atoms with Crippen molar-refractivity contribution in [2.45, 2.75) is 26.4 Å². The second-order valence-corrected chi connectivity index (χ2v) is 6.75. The summed E-state index contributed by atoms with van der Waals surface area (Å²) in [6, 6.07) is 14.1. The Morgan fingerprint density at radius 1 is 1.11 bits per heavy atom. The Kier molecular flexibility index (Phi) is 5.12. The number of fused-ring (bicyclic) bond motifs is 1. The van der Waals surface area contributed by atoms with Gasteiger partial charge in [0.1, 0.15) is 11.3 Å². The first-order valence-corrected chi connectivity index (χ1v) is 9.28. The first-order valence-electron chi connectivity index (χ1n) is 8.90. The molecule has 0 aliphatic carbocycles. The van der Waals surface area contributed by atoms with Gasteiger partial charge in [-0.15, -0.1) is 0 Å². The van der Waals surface area contributed by atoms with Gasteiger partial charge in [-0.25, -0.2) is 4.79 Å². The summed E-state index contributed by atoms with van der Waals surface area (Å²) in [6.45, 7) is 2.20. The van der Waals surface area contributed by atoms with Gasteiger partial charge in [0, 0.05) is 28.1 Å². The smallest absolute Gasteiger partial charge is 0.336 e. The largest absolute Gasteiger partial charge is 0.485 e. The van der Waals surface area contributed by atoms with Crippen LogP contribution in [0.1, 0.15) is 24.7 Å². The van der Waals surface area contributed by atoms with Gasteiger partial charge in [-0.05, 0) is 48.4 Å². The summed E-state index contributed by atoms with van der Waals surface area (Å²) in [5.41, 5.74) is 1.90. The fraction of sp³-hybridized carbons (Fsp3) is 0.190. The van der Waals surface area contributed by atoms with Crippen molar-refractivity contribution in [2.24, 2.45) is 0 Å². The van der Waals surface area contributed by atoms with Gasteiger partial charge < -0.3 is 13.7 Å². The number of aryl methyl sites for hydroxylation is 1. The Morgan fingerprint density at radius 3 is 2.71 bits per heavy atom. The fourth-order valence-corrected chi connectivity index (χ4v) is 3.07. The van der Waals surface area contributed by atoms with E-state index in [0.717, 1.165) is 29.4 Å². The van der Waals surface area contributed by atoms with Crippen LogP contribution in [0.25, 0.3) is 22.4 Å². The average molecular weight is 397 g/mol. The zero-order valence-electron chi connectivity index (χ0n) is 15.1. The van der Waals surface area contributed by atoms with E-state index < -0.39 is 0 Å². The Morgan fingerprint density at radius 2 is 1.93 bits per heavy atom. The minimum absolute atomic E-state index is 0.126. The summed E-state index contributed by atoms with van der Waals surface area (Å²) in [5, 5.41) is 5.48. The van der Waals surface area contributed by atoms with E-state index in [1.807, 2.05) is 12.1 Å². The highest BCUT2D eigenvalue weighted by Crippen LogP contribution is 2.24. The molecule has 6 nitrogen and oxygen atoms in total. The van der Waals surface area contributed by atoms with Crippen LogP contribution >= 0.6 is 11.6 Å². The third-order valence-electron chi connectivity index (χ3n) is 4.25. The lowest BCUT2D eigenvalue weighted by atomic mass is 10.1. The van der Waals surface area contributed by atoms with Gasteiger partial charge in [-0.3, -0.25) is 0 Å². The van der Waals surface area contributed by atoms with Crippen LogP contribution in [0.5, 0.6) is 5.75 Å². The quantitative estimate of drug-likeness (QED) is 0.425. The van der Waals surface area contributed by atoms with Crippen molar-refractivity contribution in [3.05, 3.63) is 75.4 Å². The molecule has 0 aliphatic heterocycles. The van der Waals surface area contributed by atoms with Gasteiger partial charge in [-0.1, -0.05) is 30.1 Å². The predicted molar refractivity (Wildman–Crippen MR) is 106 cm³/mol. The molecule has 0 saturated carbocycles. The first kappa shape index (κ1) is 18.3. The maximum absolute atomic E-state index is 11.8. The summed E-state index contributed by atoms with van der Waals surface area (Å²) >= 11 is 5.89. The number of halogens is 1. The third kappa shape index (κ3) is 3.92. The molecule has 28 heavy (non-hydrogen) atoms. The van der Waals surface area contributed by atoms with Gasteiger partial charge in [0.25, 0.3) is 5.89 Å². The van der Waals surface area contributed by atoms with Crippen molar-refractivity contribution in [1.82, 2.24) is 10.1 Å². The van der Waals surface area contributed by atoms with E-state index in [1.165, 1.54) is 0 Å². The van der Waals surface area contributed by atoms with E-state index in [1.54, 1.807) is 36.4 Å². The second-order valence-electron chi connectivity index (χ2n) is 6.31. The monoisotopic (exact) mass is 396 g/mol. The van der Waals surface area contributed by atoms with Crippen molar-refractivity contribution < 1.29 is 13.7 Å². The van der Waals surface area contributed by atoms with Crippen LogP contribution in [-0.4, -0.2) is 10.1 Å². The van der Waals surface area contributed by atoms with Crippen LogP contribution < -0.4 is 10.4 Å². The molecule has 142 valence electrons. The number of hydrogen-bond donors (Lipinski definition) is 0. The molecule has 7 heteroatoms. The topological polar surface area (TPSA) is 78.4 Å². The SMILES string of the molecule is CCCc1cc(=O)oc2cc(OCc3noc(-c4ccc(Cl)cc4)n3)ccc12. The molecule has 0 saturated heterocycles. The molecular formula is C21H17ClN2O4. The van der Waals surface area contributed by atoms with Crippen LogP contribution in [0, 0.1) is 0 Å². The summed E-state index contributed by atoms with van der Waals surface area (Å²) in [5.74, 6) is 1.36. The fourth-order valence-electron chi connectivity index (χ4n) is 2.95. The number of ether oxygens (including phenoxy) is 1. The maximum atomic E-state index is 11.8. The van der Waals surface area contributed by atoms with Crippen molar-refractivity contribution in [3.8, 4) is 17.2 Å². The number of hydrogen-bond acceptors (Lipinski definition) is 6. The molecule has 0 aliphatic rings. The highest BCUT2D eigenvalue weighted by Gasteiger charge is 2.11. The molecule has 0 bridgehead atoms. The highest BCUT2D eigenvalue weighted by atomic mass is 35.5. The highest BCUT2D eigenvalue weighted by molar-refractivity contribution is 6.30. The van der Waals surface area contributed by atoms with Crippen molar-refractivity contribution in [1.29, 1.82) is 0 Å². The number of aromatic nitrogens is 2. The molecule has 2 aromatic heterocycles. The van der Waals surface area contributed by atoms with E-state index >= 15 is 0 Å². The molecule has 2 heterocycles. The Bertz CT molecular complexity index is 1170. The Labute approximate surface area is 165 Å². The summed E-state index contributed by atoms with van der Waals surface area (Å²) in [4.78, 5) is 16.1. The Balaban J connectivity index is 1.51. The van der Waals surface area contributed by atoms with E-state index in [9.17, 15) is 4.79 Å². The molecule has 0 fully saturated rings. The van der Waals surface area contributed by atoms with Gasteiger partial charge >= 0.3 is 5.63 Å². The lowest BCUT2D eigenvalue weighted by molar-refractivity contribution is 0.287. The van der Waals surface area contributed by atoms with Crippen LogP contribution in [-0.2, 0) is 13.0 Å². The van der Waals surface area contributed by atoms with Gasteiger partial charge in [0.05, 0.1) is 0 Å². The van der Waals surface area contributed by atoms with Crippen LogP contribution in [0.4, 0.5) is 0 Å². The normalized spacial score (nSPS) is 11.1. The van der Waals surface area contributed by atoms with E-state index in [-0.39, 0.29) is 12.2 Å². The van der Waals surface area contributed by atoms with Gasteiger partial charge in [0.2, 0.25) is 5.82 Å². The number of rotatable bonds is 6. The molecule has 0 spiro atoms. The van der Waals surface area contributed by atoms with Crippen molar-refractivity contribution >= 4 is 22.6 Å². The molecule has 4 aromatic rings. The van der Waals surface area contributed by atoms with Crippen LogP contribution in [0.3, 0.4) is 0 Å². The molecule has 0 radical (unpaired) electrons. The third-order valence-corrected chi connectivity index (χ3v) is 4.50. The summed E-state index contributed by atoms with van der Waals surface area (Å²) in [6.07, 6.45) is 1.77. The molecule has 4 rings (SSSR count). The molecule has 0 N–H and O–H groups in total. The number of benzene rings is 2. The molecule has 0 unspecified atom stereocenters. The van der Waals surface area contributed by atoms with E-state index in [2.05, 4.69) is 17.1 Å². The van der Waals surface area contributed by atoms with E-state index in [0.29, 0.717) is 28.1 Å². The molecular weight excluding hydrogens is 380 g/mol. The predicted octanol–water partition coefficient (Wildman–Crippen LogP) is 5.03. The second kappa shape index (κ2) is 7.86. The molecule has 0 amide bonds. The average Bonchev–Trinajstić information content (AvgIpc) is 3.16. The minimum Gasteiger partial charge on any atom is -0.485 e. The molecule has 0 atom stereocenters. The lowest BCUT2D eigenvalue weighted by Gasteiger charge is -2.07. The van der Waals surface area contributed by atoms with Crippen molar-refractivity contribution in [2.75, 3.05) is 0 Å². The standard InChI is InChI=1S/C21H17ClN2O4/c1-2-3-14-10-20(25)27-18-11-16(8-9-17(14)18)26-12-19-23-21(28-24-19)13-4-6-15(22)7-5-13/h4-11H,2-3,12H2,1H3. The Hall–Kier alpha value is -3.12. The number of nitrogens with zero attached hydrogens (tertiary/aromatic N) is 2. The molecule has 2 aromatic carbocycles. The zero-order valence-corrected chi connectivity index (χ0v) is 15.9. The van der Waals surface area contributed by atoms with Gasteiger partial charge in [0.15, 0.2) is 6.61 Å². The maximum Gasteiger partial charge on any atom is 0.336 e. The van der Waals surface area contributed by atoms with Crippen LogP contribution in [0.2, 0.25) is 5.02 Å². The minimum atomic E-state index is -0.362.